The molecule has 52 heavy (non-hydrogen) atoms. The van der Waals surface area contributed by atoms with Crippen LogP contribution in [0.5, 0.6) is 0 Å². The second kappa shape index (κ2) is 16.6. The molecule has 1 atom stereocenters. The van der Waals surface area contributed by atoms with E-state index in [0.717, 1.165) is 44.2 Å². The molecule has 0 bridgehead atoms. The number of hydrogen-bond acceptors (Lipinski definition) is 5. The van der Waals surface area contributed by atoms with Crippen molar-refractivity contribution in [2.45, 2.75) is 26.1 Å². The van der Waals surface area contributed by atoms with Gasteiger partial charge in [0.25, 0.3) is 0 Å². The monoisotopic (exact) mass is 678 g/mol. The van der Waals surface area contributed by atoms with Gasteiger partial charge in [0, 0.05) is 16.8 Å². The first-order valence-electron chi connectivity index (χ1n) is 17.3. The lowest BCUT2D eigenvalue weighted by molar-refractivity contribution is 0.668. The van der Waals surface area contributed by atoms with E-state index in [-0.39, 0.29) is 6.04 Å². The van der Waals surface area contributed by atoms with Crippen LogP contribution in [0.4, 0.5) is 0 Å². The summed E-state index contributed by atoms with van der Waals surface area (Å²) in [5, 5.41) is 10.6. The van der Waals surface area contributed by atoms with Crippen molar-refractivity contribution in [3.63, 3.8) is 0 Å². The molecule has 8 aromatic rings. The predicted molar refractivity (Wildman–Crippen MR) is 216 cm³/mol. The maximum atomic E-state index is 8.55. The van der Waals surface area contributed by atoms with Gasteiger partial charge in [0.1, 0.15) is 11.2 Å². The van der Waals surface area contributed by atoms with E-state index in [1.54, 1.807) is 6.07 Å². The number of nitriles is 1. The summed E-state index contributed by atoms with van der Waals surface area (Å²) in [6, 6.07) is 59.6. The van der Waals surface area contributed by atoms with Crippen LogP contribution >= 0.6 is 0 Å². The molecule has 0 amide bonds. The lowest BCUT2D eigenvalue weighted by atomic mass is 9.95. The van der Waals surface area contributed by atoms with Gasteiger partial charge in [0.15, 0.2) is 0 Å². The van der Waals surface area contributed by atoms with Crippen molar-refractivity contribution in [1.29, 1.82) is 5.26 Å². The average molecular weight is 679 g/mol. The molecule has 1 aromatic heterocycles. The zero-order valence-corrected chi connectivity index (χ0v) is 29.4. The molecule has 8 rings (SSSR count). The molecule has 1 unspecified atom stereocenters. The van der Waals surface area contributed by atoms with Gasteiger partial charge >= 0.3 is 0 Å². The maximum Gasteiger partial charge on any atom is 0.135 e. The van der Waals surface area contributed by atoms with Gasteiger partial charge in [-0.05, 0) is 101 Å². The normalized spacial score (nSPS) is 11.2. The molecule has 0 saturated heterocycles. The molecule has 0 spiro atoms. The third-order valence-electron chi connectivity index (χ3n) is 8.87. The average Bonchev–Trinajstić information content (AvgIpc) is 3.57. The summed E-state index contributed by atoms with van der Waals surface area (Å²) in [4.78, 5) is 0. The van der Waals surface area contributed by atoms with Crippen LogP contribution in [0.3, 0.4) is 0 Å². The molecule has 0 aliphatic rings. The lowest BCUT2D eigenvalue weighted by Gasteiger charge is -2.09. The molecular weight excluding hydrogens is 637 g/mol. The fourth-order valence-corrected chi connectivity index (χ4v) is 6.12. The highest BCUT2D eigenvalue weighted by molar-refractivity contribution is 6.08. The van der Waals surface area contributed by atoms with Crippen molar-refractivity contribution < 1.29 is 4.42 Å². The van der Waals surface area contributed by atoms with Gasteiger partial charge in [-0.2, -0.15) is 5.26 Å². The van der Waals surface area contributed by atoms with Crippen molar-refractivity contribution in [3.8, 4) is 39.4 Å². The largest absolute Gasteiger partial charge is 0.456 e. The summed E-state index contributed by atoms with van der Waals surface area (Å²) in [7, 11) is 0. The first-order valence-corrected chi connectivity index (χ1v) is 17.3. The molecular formula is C47H42N4O. The Bertz CT molecular complexity index is 2440. The van der Waals surface area contributed by atoms with Gasteiger partial charge in [-0.3, -0.25) is 0 Å². The Morgan fingerprint density at radius 3 is 1.62 bits per heavy atom. The highest BCUT2D eigenvalue weighted by Crippen LogP contribution is 2.36. The van der Waals surface area contributed by atoms with Crippen molar-refractivity contribution in [2.75, 3.05) is 0 Å². The standard InChI is InChI=1S/C31H24N2O.C9H10N2.C7H8/c32-31(33)26-13-6-14-29-30(26)27-19-25(15-16-28(27)34-29)24-12-5-11-23(18-24)22-10-4-9-21(17-22)20-7-2-1-3-8-20;1-7(11)9-4-2-3-8(5-9)6-10;1-7-5-3-2-4-6-7/h1-19,31H,32-33H2;2-5,7H,11H2,1H3;2-6H,1H3. The smallest absolute Gasteiger partial charge is 0.135 e. The highest BCUT2D eigenvalue weighted by Gasteiger charge is 2.14. The molecule has 0 saturated carbocycles. The molecule has 0 aliphatic carbocycles. The molecule has 7 aromatic carbocycles. The van der Waals surface area contributed by atoms with Gasteiger partial charge in [0.2, 0.25) is 0 Å². The summed E-state index contributed by atoms with van der Waals surface area (Å²) in [6.07, 6.45) is -0.562. The number of benzene rings is 7. The number of aryl methyl sites for hydroxylation is 1. The molecule has 0 radical (unpaired) electrons. The van der Waals surface area contributed by atoms with Gasteiger partial charge in [-0.15, -0.1) is 0 Å². The first-order chi connectivity index (χ1) is 25.3. The van der Waals surface area contributed by atoms with Crippen molar-refractivity contribution in [3.05, 3.63) is 192 Å². The predicted octanol–water partition coefficient (Wildman–Crippen LogP) is 11.1. The van der Waals surface area contributed by atoms with Crippen molar-refractivity contribution in [1.82, 2.24) is 0 Å². The van der Waals surface area contributed by atoms with Gasteiger partial charge in [-0.25, -0.2) is 0 Å². The SMILES string of the molecule is CC(N)c1cccc(C#N)c1.Cc1ccccc1.NC(N)c1cccc2oc3ccc(-c4cccc(-c5cccc(-c6ccccc6)c5)c4)cc3c12. The Kier molecular flexibility index (Phi) is 11.4. The Balaban J connectivity index is 0.000000211. The summed E-state index contributed by atoms with van der Waals surface area (Å²) >= 11 is 0. The van der Waals surface area contributed by atoms with Crippen LogP contribution in [0, 0.1) is 18.3 Å². The third kappa shape index (κ3) is 8.53. The van der Waals surface area contributed by atoms with Gasteiger partial charge in [-0.1, -0.05) is 133 Å². The molecule has 0 fully saturated rings. The van der Waals surface area contributed by atoms with E-state index in [4.69, 9.17) is 26.9 Å². The molecule has 256 valence electrons. The first kappa shape index (κ1) is 35.5. The van der Waals surface area contributed by atoms with E-state index in [1.807, 2.05) is 73.7 Å². The van der Waals surface area contributed by atoms with Crippen LogP contribution in [0.15, 0.2) is 174 Å². The van der Waals surface area contributed by atoms with Crippen LogP contribution in [-0.4, -0.2) is 0 Å². The van der Waals surface area contributed by atoms with E-state index >= 15 is 0 Å². The minimum Gasteiger partial charge on any atom is -0.456 e. The Hall–Kier alpha value is -6.29. The van der Waals surface area contributed by atoms with E-state index in [0.29, 0.717) is 5.56 Å². The molecule has 5 nitrogen and oxygen atoms in total. The number of nitrogens with zero attached hydrogens (tertiary/aromatic N) is 1. The van der Waals surface area contributed by atoms with E-state index in [1.165, 1.54) is 27.8 Å². The van der Waals surface area contributed by atoms with E-state index in [9.17, 15) is 0 Å². The van der Waals surface area contributed by atoms with Crippen molar-refractivity contribution in [2.24, 2.45) is 17.2 Å². The van der Waals surface area contributed by atoms with Crippen molar-refractivity contribution >= 4 is 21.9 Å². The summed E-state index contributed by atoms with van der Waals surface area (Å²) in [5.41, 5.74) is 30.3. The second-order valence-corrected chi connectivity index (χ2v) is 12.8. The maximum absolute atomic E-state index is 8.55. The molecule has 0 aliphatic heterocycles. The minimum atomic E-state index is -0.562. The Morgan fingerprint density at radius 2 is 1.06 bits per heavy atom. The number of furan rings is 1. The minimum absolute atomic E-state index is 0.00306. The highest BCUT2D eigenvalue weighted by atomic mass is 16.3. The Morgan fingerprint density at radius 1 is 0.519 bits per heavy atom. The third-order valence-corrected chi connectivity index (χ3v) is 8.87. The number of rotatable bonds is 5. The molecule has 1 heterocycles. The van der Waals surface area contributed by atoms with Gasteiger partial charge < -0.3 is 21.6 Å². The molecule has 6 N–H and O–H groups in total. The number of hydrogen-bond donors (Lipinski definition) is 3. The van der Waals surface area contributed by atoms with Gasteiger partial charge in [0.05, 0.1) is 17.8 Å². The fourth-order valence-electron chi connectivity index (χ4n) is 6.12. The summed E-state index contributed by atoms with van der Waals surface area (Å²) in [5.74, 6) is 0. The second-order valence-electron chi connectivity index (χ2n) is 12.8. The van der Waals surface area contributed by atoms with Crippen LogP contribution in [0.2, 0.25) is 0 Å². The van der Waals surface area contributed by atoms with E-state index in [2.05, 4.69) is 110 Å². The Labute approximate surface area is 305 Å². The number of nitrogens with two attached hydrogens (primary N) is 3. The van der Waals surface area contributed by atoms with Crippen LogP contribution < -0.4 is 17.2 Å². The van der Waals surface area contributed by atoms with Crippen LogP contribution in [0.1, 0.15) is 41.4 Å². The number of fused-ring (bicyclic) bond motifs is 3. The quantitative estimate of drug-likeness (QED) is 0.157. The van der Waals surface area contributed by atoms with Crippen LogP contribution in [0.25, 0.3) is 55.3 Å². The zero-order chi connectivity index (χ0) is 36.5. The summed E-state index contributed by atoms with van der Waals surface area (Å²) in [6.45, 7) is 3.98. The topological polar surface area (TPSA) is 115 Å². The fraction of sp³-hybridized carbons (Fsp3) is 0.0851. The lowest BCUT2D eigenvalue weighted by Crippen LogP contribution is -2.20. The summed E-state index contributed by atoms with van der Waals surface area (Å²) < 4.78 is 6.07. The van der Waals surface area contributed by atoms with Crippen LogP contribution in [-0.2, 0) is 0 Å². The van der Waals surface area contributed by atoms with E-state index < -0.39 is 6.17 Å². The molecule has 5 heteroatoms. The zero-order valence-electron chi connectivity index (χ0n) is 29.4.